The van der Waals surface area contributed by atoms with Crippen molar-refractivity contribution >= 4 is 24.0 Å². The van der Waals surface area contributed by atoms with Crippen molar-refractivity contribution in [1.82, 2.24) is 15.2 Å². The Morgan fingerprint density at radius 1 is 1.12 bits per heavy atom. The van der Waals surface area contributed by atoms with Gasteiger partial charge < -0.3 is 14.6 Å². The van der Waals surface area contributed by atoms with E-state index in [0.29, 0.717) is 5.56 Å². The fourth-order valence-corrected chi connectivity index (χ4v) is 3.04. The third-order valence-corrected chi connectivity index (χ3v) is 4.36. The summed E-state index contributed by atoms with van der Waals surface area (Å²) in [7, 11) is 1.35. The van der Waals surface area contributed by atoms with Gasteiger partial charge in [-0.05, 0) is 56.2 Å². The van der Waals surface area contributed by atoms with E-state index in [4.69, 9.17) is 4.74 Å². The standard InChI is InChI=1S/C19H19N3O4/c1-10-5-6-13(18(24)26-4)9-16(10)22-11(2)7-14(12(22)3)8-15-17(23)21-19(25)20-15/h5-9H,1-4H3,(H2,20,21,23,25)/b15-8-. The van der Waals surface area contributed by atoms with Gasteiger partial charge in [0.1, 0.15) is 5.70 Å². The Morgan fingerprint density at radius 3 is 2.46 bits per heavy atom. The highest BCUT2D eigenvalue weighted by molar-refractivity contribution is 6.14. The lowest BCUT2D eigenvalue weighted by Crippen LogP contribution is -2.22. The van der Waals surface area contributed by atoms with Gasteiger partial charge in [0.15, 0.2) is 0 Å². The van der Waals surface area contributed by atoms with Crippen LogP contribution in [0, 0.1) is 20.8 Å². The Morgan fingerprint density at radius 2 is 1.85 bits per heavy atom. The summed E-state index contributed by atoms with van der Waals surface area (Å²) in [4.78, 5) is 34.9. The van der Waals surface area contributed by atoms with Gasteiger partial charge >= 0.3 is 12.0 Å². The average molecular weight is 353 g/mol. The average Bonchev–Trinajstić information content (AvgIpc) is 3.06. The summed E-state index contributed by atoms with van der Waals surface area (Å²) in [6, 6.07) is 6.76. The molecule has 2 N–H and O–H groups in total. The number of aryl methyl sites for hydroxylation is 2. The molecule has 1 aliphatic rings. The van der Waals surface area contributed by atoms with Crippen LogP contribution >= 0.6 is 0 Å². The topological polar surface area (TPSA) is 89.4 Å². The van der Waals surface area contributed by atoms with Crippen molar-refractivity contribution in [3.63, 3.8) is 0 Å². The Bertz CT molecular complexity index is 969. The number of amides is 3. The Hall–Kier alpha value is -3.35. The van der Waals surface area contributed by atoms with Crippen molar-refractivity contribution in [2.24, 2.45) is 0 Å². The number of ether oxygens (including phenoxy) is 1. The lowest BCUT2D eigenvalue weighted by Gasteiger charge is -2.14. The molecule has 0 radical (unpaired) electrons. The molecule has 7 nitrogen and oxygen atoms in total. The van der Waals surface area contributed by atoms with E-state index in [1.54, 1.807) is 18.2 Å². The zero-order chi connectivity index (χ0) is 19.0. The van der Waals surface area contributed by atoms with Crippen molar-refractivity contribution in [1.29, 1.82) is 0 Å². The summed E-state index contributed by atoms with van der Waals surface area (Å²) in [5, 5.41) is 4.66. The largest absolute Gasteiger partial charge is 0.465 e. The molecule has 1 aromatic carbocycles. The highest BCUT2D eigenvalue weighted by Gasteiger charge is 2.23. The highest BCUT2D eigenvalue weighted by atomic mass is 16.5. The van der Waals surface area contributed by atoms with Crippen LogP contribution in [0.15, 0.2) is 30.0 Å². The number of urea groups is 1. The monoisotopic (exact) mass is 353 g/mol. The summed E-state index contributed by atoms with van der Waals surface area (Å²) in [5.74, 6) is -0.856. The van der Waals surface area contributed by atoms with E-state index in [2.05, 4.69) is 10.6 Å². The van der Waals surface area contributed by atoms with Crippen LogP contribution in [0.25, 0.3) is 11.8 Å². The van der Waals surface area contributed by atoms with Crippen molar-refractivity contribution in [2.45, 2.75) is 20.8 Å². The van der Waals surface area contributed by atoms with Gasteiger partial charge in [0.25, 0.3) is 5.91 Å². The van der Waals surface area contributed by atoms with Crippen LogP contribution in [0.4, 0.5) is 4.79 Å². The van der Waals surface area contributed by atoms with Crippen molar-refractivity contribution in [2.75, 3.05) is 7.11 Å². The molecule has 1 saturated heterocycles. The molecule has 2 aromatic rings. The molecule has 2 heterocycles. The lowest BCUT2D eigenvalue weighted by atomic mass is 10.1. The maximum Gasteiger partial charge on any atom is 0.337 e. The van der Waals surface area contributed by atoms with Gasteiger partial charge in [-0.3, -0.25) is 10.1 Å². The van der Waals surface area contributed by atoms with Gasteiger partial charge in [0.2, 0.25) is 0 Å². The second-order valence-electron chi connectivity index (χ2n) is 6.12. The minimum atomic E-state index is -0.531. The summed E-state index contributed by atoms with van der Waals surface area (Å²) in [5.41, 5.74) is 5.13. The van der Waals surface area contributed by atoms with E-state index in [1.165, 1.54) is 7.11 Å². The molecular weight excluding hydrogens is 334 g/mol. The van der Waals surface area contributed by atoms with Crippen molar-refractivity contribution in [3.8, 4) is 5.69 Å². The first-order chi connectivity index (χ1) is 12.3. The molecule has 1 fully saturated rings. The van der Waals surface area contributed by atoms with Crippen LogP contribution in [-0.2, 0) is 9.53 Å². The first kappa shape index (κ1) is 17.5. The van der Waals surface area contributed by atoms with Gasteiger partial charge in [0, 0.05) is 17.1 Å². The molecule has 0 unspecified atom stereocenters. The zero-order valence-electron chi connectivity index (χ0n) is 15.0. The van der Waals surface area contributed by atoms with Gasteiger partial charge in [-0.1, -0.05) is 6.07 Å². The molecule has 3 rings (SSSR count). The van der Waals surface area contributed by atoms with Crippen LogP contribution in [0.5, 0.6) is 0 Å². The number of nitrogens with one attached hydrogen (secondary N) is 2. The third kappa shape index (κ3) is 2.99. The molecule has 0 spiro atoms. The van der Waals surface area contributed by atoms with Crippen LogP contribution in [-0.4, -0.2) is 29.6 Å². The van der Waals surface area contributed by atoms with Crippen LogP contribution in [0.1, 0.15) is 32.9 Å². The minimum absolute atomic E-state index is 0.204. The summed E-state index contributed by atoms with van der Waals surface area (Å²) in [6.45, 7) is 5.81. The third-order valence-electron chi connectivity index (χ3n) is 4.36. The number of benzene rings is 1. The van der Waals surface area contributed by atoms with Crippen molar-refractivity contribution < 1.29 is 19.1 Å². The molecule has 0 bridgehead atoms. The summed E-state index contributed by atoms with van der Waals surface area (Å²) >= 11 is 0. The van der Waals surface area contributed by atoms with Crippen LogP contribution in [0.2, 0.25) is 0 Å². The predicted octanol–water partition coefficient (Wildman–Crippen LogP) is 2.37. The molecule has 0 aliphatic carbocycles. The van der Waals surface area contributed by atoms with Gasteiger partial charge in [-0.2, -0.15) is 0 Å². The molecule has 1 aromatic heterocycles. The molecule has 134 valence electrons. The molecule has 7 heteroatoms. The number of esters is 1. The normalized spacial score (nSPS) is 15.2. The first-order valence-electron chi connectivity index (χ1n) is 8.04. The summed E-state index contributed by atoms with van der Waals surface area (Å²) in [6.07, 6.45) is 1.64. The van der Waals surface area contributed by atoms with E-state index >= 15 is 0 Å². The van der Waals surface area contributed by atoms with Gasteiger partial charge in [-0.15, -0.1) is 0 Å². The number of carbonyl (C=O) groups is 3. The molecule has 3 amide bonds. The lowest BCUT2D eigenvalue weighted by molar-refractivity contribution is -0.115. The van der Waals surface area contributed by atoms with E-state index in [1.807, 2.05) is 37.5 Å². The zero-order valence-corrected chi connectivity index (χ0v) is 15.0. The van der Waals surface area contributed by atoms with Crippen molar-refractivity contribution in [3.05, 3.63) is 58.0 Å². The predicted molar refractivity (Wildman–Crippen MR) is 96.0 cm³/mol. The SMILES string of the molecule is COC(=O)c1ccc(C)c(-n2c(C)cc(/C=C3\NC(=O)NC3=O)c2C)c1. The van der Waals surface area contributed by atoms with E-state index in [9.17, 15) is 14.4 Å². The number of imide groups is 1. The number of methoxy groups -OCH3 is 1. The number of hydrogen-bond donors (Lipinski definition) is 2. The fraction of sp³-hybridized carbons (Fsp3) is 0.211. The molecule has 0 saturated carbocycles. The van der Waals surface area contributed by atoms with Crippen LogP contribution < -0.4 is 10.6 Å². The van der Waals surface area contributed by atoms with Gasteiger partial charge in [0.05, 0.1) is 12.7 Å². The second-order valence-corrected chi connectivity index (χ2v) is 6.12. The molecule has 26 heavy (non-hydrogen) atoms. The van der Waals surface area contributed by atoms with Gasteiger partial charge in [-0.25, -0.2) is 9.59 Å². The number of carbonyl (C=O) groups excluding carboxylic acids is 3. The minimum Gasteiger partial charge on any atom is -0.465 e. The summed E-state index contributed by atoms with van der Waals surface area (Å²) < 4.78 is 6.80. The van der Waals surface area contributed by atoms with Crippen LogP contribution in [0.3, 0.4) is 0 Å². The molecule has 0 atom stereocenters. The van der Waals surface area contributed by atoms with E-state index < -0.39 is 17.9 Å². The number of nitrogens with zero attached hydrogens (tertiary/aromatic N) is 1. The smallest absolute Gasteiger partial charge is 0.337 e. The Balaban J connectivity index is 2.10. The fourth-order valence-electron chi connectivity index (χ4n) is 3.04. The number of aromatic nitrogens is 1. The highest BCUT2D eigenvalue weighted by Crippen LogP contribution is 2.26. The Labute approximate surface area is 150 Å². The Kier molecular flexibility index (Phi) is 4.38. The van der Waals surface area contributed by atoms with E-state index in [-0.39, 0.29) is 5.70 Å². The number of hydrogen-bond acceptors (Lipinski definition) is 4. The van der Waals surface area contributed by atoms with E-state index in [0.717, 1.165) is 28.2 Å². The number of rotatable bonds is 3. The maximum absolute atomic E-state index is 11.9. The quantitative estimate of drug-likeness (QED) is 0.504. The molecule has 1 aliphatic heterocycles. The first-order valence-corrected chi connectivity index (χ1v) is 8.04. The second kappa shape index (κ2) is 6.51. The molecular formula is C19H19N3O4. The maximum atomic E-state index is 11.9.